The van der Waals surface area contributed by atoms with E-state index in [2.05, 4.69) is 0 Å². The van der Waals surface area contributed by atoms with Crippen molar-refractivity contribution in [2.45, 2.75) is 12.7 Å². The molecule has 0 fully saturated rings. The second kappa shape index (κ2) is 7.76. The molecule has 0 aliphatic heterocycles. The topological polar surface area (TPSA) is 89.1 Å². The molecule has 0 aliphatic carbocycles. The maximum Gasteiger partial charge on any atom is 0.226 e. The van der Waals surface area contributed by atoms with Crippen LogP contribution in [0.3, 0.4) is 0 Å². The van der Waals surface area contributed by atoms with Gasteiger partial charge in [-0.3, -0.25) is 4.79 Å². The predicted molar refractivity (Wildman–Crippen MR) is 94.5 cm³/mol. The van der Waals surface area contributed by atoms with Crippen molar-refractivity contribution in [3.8, 4) is 17.2 Å². The van der Waals surface area contributed by atoms with Gasteiger partial charge in [-0.15, -0.1) is 0 Å². The Balaban J connectivity index is 1.84. The van der Waals surface area contributed by atoms with Crippen LogP contribution in [0.15, 0.2) is 70.1 Å². The zero-order valence-electron chi connectivity index (χ0n) is 14.1. The van der Waals surface area contributed by atoms with Gasteiger partial charge in [0, 0.05) is 6.07 Å². The zero-order valence-corrected chi connectivity index (χ0v) is 14.1. The van der Waals surface area contributed by atoms with E-state index in [0.29, 0.717) is 23.7 Å². The first kappa shape index (κ1) is 17.6. The molecular formula is C20H18O6. The molecule has 6 heteroatoms. The summed E-state index contributed by atoms with van der Waals surface area (Å²) in [5, 5.41) is 20.2. The predicted octanol–water partition coefficient (Wildman–Crippen LogP) is 3.01. The lowest BCUT2D eigenvalue weighted by Gasteiger charge is -2.15. The third kappa shape index (κ3) is 3.70. The Kier molecular flexibility index (Phi) is 5.24. The SMILES string of the molecule is COc1cc(C(O)c2occc(=O)c2O)ccc1OCc1ccccc1. The summed E-state index contributed by atoms with van der Waals surface area (Å²) in [6.45, 7) is 0.369. The van der Waals surface area contributed by atoms with Gasteiger partial charge in [-0.05, 0) is 23.3 Å². The molecule has 1 unspecified atom stereocenters. The van der Waals surface area contributed by atoms with Crippen molar-refractivity contribution in [1.29, 1.82) is 0 Å². The van der Waals surface area contributed by atoms with E-state index in [-0.39, 0.29) is 5.76 Å². The molecule has 134 valence electrons. The Morgan fingerprint density at radius 2 is 1.85 bits per heavy atom. The highest BCUT2D eigenvalue weighted by molar-refractivity contribution is 5.45. The van der Waals surface area contributed by atoms with Crippen LogP contribution in [-0.2, 0) is 6.61 Å². The quantitative estimate of drug-likeness (QED) is 0.707. The van der Waals surface area contributed by atoms with Crippen LogP contribution in [-0.4, -0.2) is 17.3 Å². The maximum atomic E-state index is 11.5. The molecule has 1 atom stereocenters. The third-order valence-electron chi connectivity index (χ3n) is 3.87. The highest BCUT2D eigenvalue weighted by Crippen LogP contribution is 2.34. The minimum absolute atomic E-state index is 0.225. The van der Waals surface area contributed by atoms with Crippen molar-refractivity contribution in [3.63, 3.8) is 0 Å². The molecule has 0 radical (unpaired) electrons. The molecule has 6 nitrogen and oxygen atoms in total. The summed E-state index contributed by atoms with van der Waals surface area (Å²) in [7, 11) is 1.49. The van der Waals surface area contributed by atoms with Crippen LogP contribution < -0.4 is 14.9 Å². The second-order valence-corrected chi connectivity index (χ2v) is 5.58. The first-order valence-electron chi connectivity index (χ1n) is 7.93. The second-order valence-electron chi connectivity index (χ2n) is 5.58. The molecule has 2 aromatic carbocycles. The third-order valence-corrected chi connectivity index (χ3v) is 3.87. The average Bonchev–Trinajstić information content (AvgIpc) is 2.68. The van der Waals surface area contributed by atoms with Crippen molar-refractivity contribution in [1.82, 2.24) is 0 Å². The first-order valence-corrected chi connectivity index (χ1v) is 7.93. The van der Waals surface area contributed by atoms with E-state index in [9.17, 15) is 15.0 Å². The number of aliphatic hydroxyl groups excluding tert-OH is 1. The number of ether oxygens (including phenoxy) is 2. The number of hydrogen-bond donors (Lipinski definition) is 2. The molecule has 3 rings (SSSR count). The van der Waals surface area contributed by atoms with Crippen LogP contribution in [0.1, 0.15) is 23.0 Å². The molecule has 0 saturated carbocycles. The van der Waals surface area contributed by atoms with Gasteiger partial charge in [0.1, 0.15) is 12.7 Å². The highest BCUT2D eigenvalue weighted by atomic mass is 16.5. The molecule has 0 spiro atoms. The Bertz CT molecular complexity index is 933. The van der Waals surface area contributed by atoms with Crippen molar-refractivity contribution in [2.24, 2.45) is 0 Å². The van der Waals surface area contributed by atoms with Crippen molar-refractivity contribution in [3.05, 3.63) is 88.0 Å². The van der Waals surface area contributed by atoms with Crippen LogP contribution in [0.4, 0.5) is 0 Å². The van der Waals surface area contributed by atoms with Gasteiger partial charge in [0.2, 0.25) is 11.2 Å². The normalized spacial score (nSPS) is 11.8. The number of aliphatic hydroxyl groups is 1. The summed E-state index contributed by atoms with van der Waals surface area (Å²) in [4.78, 5) is 11.5. The van der Waals surface area contributed by atoms with Crippen molar-refractivity contribution >= 4 is 0 Å². The lowest BCUT2D eigenvalue weighted by Crippen LogP contribution is -2.07. The van der Waals surface area contributed by atoms with E-state index in [4.69, 9.17) is 13.9 Å². The van der Waals surface area contributed by atoms with Crippen LogP contribution in [0.5, 0.6) is 17.2 Å². The standard InChI is InChI=1S/C20H18O6/c1-24-17-11-14(18(22)20-19(23)15(21)9-10-25-20)7-8-16(17)26-12-13-5-3-2-4-6-13/h2-11,18,22-23H,12H2,1H3. The molecule has 0 aliphatic rings. The number of aromatic hydroxyl groups is 1. The molecule has 26 heavy (non-hydrogen) atoms. The van der Waals surface area contributed by atoms with E-state index in [1.165, 1.54) is 7.11 Å². The van der Waals surface area contributed by atoms with E-state index in [1.54, 1.807) is 18.2 Å². The van der Waals surface area contributed by atoms with E-state index < -0.39 is 17.3 Å². The minimum Gasteiger partial charge on any atom is -0.502 e. The number of hydrogen-bond acceptors (Lipinski definition) is 6. The van der Waals surface area contributed by atoms with Crippen molar-refractivity contribution in [2.75, 3.05) is 7.11 Å². The Hall–Kier alpha value is -3.25. The Morgan fingerprint density at radius 1 is 1.08 bits per heavy atom. The van der Waals surface area contributed by atoms with Gasteiger partial charge < -0.3 is 24.1 Å². The fourth-order valence-corrected chi connectivity index (χ4v) is 2.48. The van der Waals surface area contributed by atoms with Gasteiger partial charge in [-0.1, -0.05) is 36.4 Å². The first-order chi connectivity index (χ1) is 12.6. The summed E-state index contributed by atoms with van der Waals surface area (Å²) in [5.74, 6) is 0.0715. The largest absolute Gasteiger partial charge is 0.502 e. The van der Waals surface area contributed by atoms with Gasteiger partial charge in [0.25, 0.3) is 0 Å². The van der Waals surface area contributed by atoms with Crippen LogP contribution >= 0.6 is 0 Å². The molecule has 0 saturated heterocycles. The highest BCUT2D eigenvalue weighted by Gasteiger charge is 2.21. The molecule has 1 aromatic heterocycles. The lowest BCUT2D eigenvalue weighted by molar-refractivity contribution is 0.178. The summed E-state index contributed by atoms with van der Waals surface area (Å²) < 4.78 is 16.2. The molecule has 0 bridgehead atoms. The van der Waals surface area contributed by atoms with Gasteiger partial charge in [0.05, 0.1) is 13.4 Å². The summed E-state index contributed by atoms with van der Waals surface area (Å²) in [6, 6.07) is 15.6. The molecular weight excluding hydrogens is 336 g/mol. The monoisotopic (exact) mass is 354 g/mol. The summed E-state index contributed by atoms with van der Waals surface area (Å²) in [5.41, 5.74) is 0.772. The smallest absolute Gasteiger partial charge is 0.226 e. The number of rotatable bonds is 6. The fraction of sp³-hybridized carbons (Fsp3) is 0.150. The number of benzene rings is 2. The van der Waals surface area contributed by atoms with Gasteiger partial charge in [0.15, 0.2) is 17.3 Å². The minimum atomic E-state index is -1.32. The lowest BCUT2D eigenvalue weighted by atomic mass is 10.1. The van der Waals surface area contributed by atoms with Crippen LogP contribution in [0, 0.1) is 0 Å². The van der Waals surface area contributed by atoms with Crippen LogP contribution in [0.2, 0.25) is 0 Å². The Labute approximate surface area is 149 Å². The number of methoxy groups -OCH3 is 1. The summed E-state index contributed by atoms with van der Waals surface area (Å²) >= 11 is 0. The molecule has 3 aromatic rings. The van der Waals surface area contributed by atoms with E-state index in [1.807, 2.05) is 30.3 Å². The zero-order chi connectivity index (χ0) is 18.5. The van der Waals surface area contributed by atoms with Gasteiger partial charge in [-0.25, -0.2) is 0 Å². The Morgan fingerprint density at radius 3 is 2.58 bits per heavy atom. The van der Waals surface area contributed by atoms with Crippen molar-refractivity contribution < 1.29 is 24.1 Å². The molecule has 0 amide bonds. The van der Waals surface area contributed by atoms with E-state index in [0.717, 1.165) is 17.9 Å². The fourth-order valence-electron chi connectivity index (χ4n) is 2.48. The van der Waals surface area contributed by atoms with Gasteiger partial charge in [-0.2, -0.15) is 0 Å². The van der Waals surface area contributed by atoms with E-state index >= 15 is 0 Å². The van der Waals surface area contributed by atoms with Gasteiger partial charge >= 0.3 is 0 Å². The van der Waals surface area contributed by atoms with Crippen LogP contribution in [0.25, 0.3) is 0 Å². The average molecular weight is 354 g/mol. The molecule has 2 N–H and O–H groups in total. The molecule has 1 heterocycles. The summed E-state index contributed by atoms with van der Waals surface area (Å²) in [6.07, 6.45) is -0.198. The maximum absolute atomic E-state index is 11.5.